The second-order valence-corrected chi connectivity index (χ2v) is 6.69. The highest BCUT2D eigenvalue weighted by molar-refractivity contribution is 7.19. The number of ether oxygens (including phenoxy) is 1. The fourth-order valence-corrected chi connectivity index (χ4v) is 4.40. The molecule has 21 heavy (non-hydrogen) atoms. The lowest BCUT2D eigenvalue weighted by atomic mass is 9.97. The minimum Gasteiger partial charge on any atom is -0.368 e. The van der Waals surface area contributed by atoms with E-state index in [9.17, 15) is 4.79 Å². The Kier molecular flexibility index (Phi) is 3.35. The van der Waals surface area contributed by atoms with E-state index in [4.69, 9.17) is 4.74 Å². The summed E-state index contributed by atoms with van der Waals surface area (Å²) in [5.41, 5.74) is 1.34. The van der Waals surface area contributed by atoms with Crippen molar-refractivity contribution in [1.29, 1.82) is 0 Å². The molecule has 1 aliphatic carbocycles. The zero-order valence-electron chi connectivity index (χ0n) is 11.7. The van der Waals surface area contributed by atoms with E-state index in [0.29, 0.717) is 12.4 Å². The van der Waals surface area contributed by atoms with Crippen LogP contribution in [0.15, 0.2) is 6.33 Å². The van der Waals surface area contributed by atoms with Crippen molar-refractivity contribution < 1.29 is 9.53 Å². The summed E-state index contributed by atoms with van der Waals surface area (Å²) >= 11 is 1.74. The molecule has 6 heteroatoms. The molecule has 0 bridgehead atoms. The van der Waals surface area contributed by atoms with Gasteiger partial charge in [-0.3, -0.25) is 4.79 Å². The van der Waals surface area contributed by atoms with Crippen LogP contribution in [0.25, 0.3) is 10.2 Å². The molecule has 5 nitrogen and oxygen atoms in total. The van der Waals surface area contributed by atoms with Crippen molar-refractivity contribution in [3.63, 3.8) is 0 Å². The van der Waals surface area contributed by atoms with Gasteiger partial charge in [-0.1, -0.05) is 0 Å². The van der Waals surface area contributed by atoms with E-state index in [1.165, 1.54) is 29.6 Å². The predicted molar refractivity (Wildman–Crippen MR) is 81.7 cm³/mol. The first-order valence-corrected chi connectivity index (χ1v) is 8.32. The molecule has 1 saturated heterocycles. The molecule has 1 amide bonds. The Balaban J connectivity index is 1.71. The molecular weight excluding hydrogens is 286 g/mol. The topological polar surface area (TPSA) is 64.1 Å². The number of hydrogen-bond acceptors (Lipinski definition) is 5. The molecule has 2 aromatic rings. The van der Waals surface area contributed by atoms with Crippen molar-refractivity contribution in [2.24, 2.45) is 0 Å². The third-order valence-electron chi connectivity index (χ3n) is 4.22. The standard InChI is InChI=1S/C15H17N3O2S/c19-14(10-5-3-7-20-10)18-13-12-9-4-1-2-6-11(9)21-15(12)17-8-16-13/h8,10H,1-7H2,(H,16,17,18,19). The first kappa shape index (κ1) is 13.2. The van der Waals surface area contributed by atoms with Gasteiger partial charge in [0.25, 0.3) is 5.91 Å². The number of carbonyl (C=O) groups excluding carboxylic acids is 1. The Bertz CT molecular complexity index is 692. The van der Waals surface area contributed by atoms with Crippen LogP contribution in [0.2, 0.25) is 0 Å². The van der Waals surface area contributed by atoms with Gasteiger partial charge < -0.3 is 10.1 Å². The van der Waals surface area contributed by atoms with Gasteiger partial charge in [0, 0.05) is 11.5 Å². The molecule has 1 aliphatic heterocycles. The number of fused-ring (bicyclic) bond motifs is 3. The molecule has 1 N–H and O–H groups in total. The maximum Gasteiger partial charge on any atom is 0.254 e. The number of aryl methyl sites for hydroxylation is 2. The zero-order chi connectivity index (χ0) is 14.2. The van der Waals surface area contributed by atoms with Gasteiger partial charge in [0.05, 0.1) is 5.39 Å². The van der Waals surface area contributed by atoms with Crippen LogP contribution < -0.4 is 5.32 Å². The number of amides is 1. The van der Waals surface area contributed by atoms with Crippen LogP contribution in [0.5, 0.6) is 0 Å². The Labute approximate surface area is 126 Å². The summed E-state index contributed by atoms with van der Waals surface area (Å²) in [4.78, 5) is 23.3. The highest BCUT2D eigenvalue weighted by atomic mass is 32.1. The lowest BCUT2D eigenvalue weighted by Crippen LogP contribution is -2.27. The summed E-state index contributed by atoms with van der Waals surface area (Å²) in [6.45, 7) is 0.672. The molecule has 1 atom stereocenters. The Morgan fingerprint density at radius 1 is 1.29 bits per heavy atom. The average molecular weight is 303 g/mol. The third kappa shape index (κ3) is 2.32. The van der Waals surface area contributed by atoms with Gasteiger partial charge in [-0.25, -0.2) is 9.97 Å². The van der Waals surface area contributed by atoms with E-state index in [1.807, 2.05) is 0 Å². The summed E-state index contributed by atoms with van der Waals surface area (Å²) in [6, 6.07) is 0. The van der Waals surface area contributed by atoms with E-state index in [2.05, 4.69) is 15.3 Å². The van der Waals surface area contributed by atoms with Crippen molar-refractivity contribution in [1.82, 2.24) is 9.97 Å². The van der Waals surface area contributed by atoms with Crippen molar-refractivity contribution in [2.75, 3.05) is 11.9 Å². The van der Waals surface area contributed by atoms with Crippen LogP contribution >= 0.6 is 11.3 Å². The minimum atomic E-state index is -0.329. The van der Waals surface area contributed by atoms with Gasteiger partial charge >= 0.3 is 0 Å². The summed E-state index contributed by atoms with van der Waals surface area (Å²) in [7, 11) is 0. The van der Waals surface area contributed by atoms with Gasteiger partial charge in [0.15, 0.2) is 0 Å². The summed E-state index contributed by atoms with van der Waals surface area (Å²) < 4.78 is 5.44. The highest BCUT2D eigenvalue weighted by Gasteiger charge is 2.26. The molecule has 3 heterocycles. The number of nitrogens with one attached hydrogen (secondary N) is 1. The molecular formula is C15H17N3O2S. The summed E-state index contributed by atoms with van der Waals surface area (Å²) in [6.07, 6.45) is 7.57. The molecule has 0 radical (unpaired) electrons. The molecule has 2 aromatic heterocycles. The van der Waals surface area contributed by atoms with Crippen LogP contribution in [-0.4, -0.2) is 28.6 Å². The number of rotatable bonds is 2. The smallest absolute Gasteiger partial charge is 0.254 e. The van der Waals surface area contributed by atoms with Crippen molar-refractivity contribution in [3.8, 4) is 0 Å². The number of nitrogens with zero attached hydrogens (tertiary/aromatic N) is 2. The number of hydrogen-bond donors (Lipinski definition) is 1. The third-order valence-corrected chi connectivity index (χ3v) is 5.41. The Morgan fingerprint density at radius 2 is 2.19 bits per heavy atom. The average Bonchev–Trinajstić information content (AvgIpc) is 3.15. The Morgan fingerprint density at radius 3 is 3.05 bits per heavy atom. The SMILES string of the molecule is O=C(Nc1ncnc2sc3c(c12)CCCC3)C1CCCO1. The predicted octanol–water partition coefficient (Wildman–Crippen LogP) is 2.69. The normalized spacial score (nSPS) is 21.4. The van der Waals surface area contributed by atoms with E-state index in [0.717, 1.165) is 35.9 Å². The Hall–Kier alpha value is -1.53. The van der Waals surface area contributed by atoms with Crippen LogP contribution in [-0.2, 0) is 22.4 Å². The summed E-state index contributed by atoms with van der Waals surface area (Å²) in [5, 5.41) is 4.00. The van der Waals surface area contributed by atoms with Crippen molar-refractivity contribution in [3.05, 3.63) is 16.8 Å². The molecule has 110 valence electrons. The van der Waals surface area contributed by atoms with Crippen LogP contribution in [0.1, 0.15) is 36.1 Å². The van der Waals surface area contributed by atoms with E-state index < -0.39 is 0 Å². The maximum absolute atomic E-state index is 12.3. The lowest BCUT2D eigenvalue weighted by molar-refractivity contribution is -0.124. The largest absolute Gasteiger partial charge is 0.368 e. The molecule has 1 fully saturated rings. The minimum absolute atomic E-state index is 0.0803. The molecule has 0 spiro atoms. The van der Waals surface area contributed by atoms with Gasteiger partial charge in [-0.05, 0) is 44.1 Å². The number of thiophene rings is 1. The highest BCUT2D eigenvalue weighted by Crippen LogP contribution is 2.38. The fraction of sp³-hybridized carbons (Fsp3) is 0.533. The van der Waals surface area contributed by atoms with Crippen LogP contribution in [0, 0.1) is 0 Å². The molecule has 0 aromatic carbocycles. The van der Waals surface area contributed by atoms with Crippen LogP contribution in [0.4, 0.5) is 5.82 Å². The van der Waals surface area contributed by atoms with Crippen LogP contribution in [0.3, 0.4) is 0 Å². The summed E-state index contributed by atoms with van der Waals surface area (Å²) in [5.74, 6) is 0.572. The van der Waals surface area contributed by atoms with Gasteiger partial charge in [-0.15, -0.1) is 11.3 Å². The second kappa shape index (κ2) is 5.35. The first-order chi connectivity index (χ1) is 10.3. The maximum atomic E-state index is 12.3. The molecule has 4 rings (SSSR count). The van der Waals surface area contributed by atoms with Gasteiger partial charge in [0.1, 0.15) is 23.1 Å². The zero-order valence-corrected chi connectivity index (χ0v) is 12.5. The van der Waals surface area contributed by atoms with E-state index in [-0.39, 0.29) is 12.0 Å². The van der Waals surface area contributed by atoms with Crippen molar-refractivity contribution in [2.45, 2.75) is 44.6 Å². The lowest BCUT2D eigenvalue weighted by Gasteiger charge is -2.13. The monoisotopic (exact) mass is 303 g/mol. The van der Waals surface area contributed by atoms with E-state index in [1.54, 1.807) is 11.3 Å². The quantitative estimate of drug-likeness (QED) is 0.926. The van der Waals surface area contributed by atoms with E-state index >= 15 is 0 Å². The molecule has 0 saturated carbocycles. The number of carbonyl (C=O) groups is 1. The first-order valence-electron chi connectivity index (χ1n) is 7.50. The van der Waals surface area contributed by atoms with Gasteiger partial charge in [0.2, 0.25) is 0 Å². The number of aromatic nitrogens is 2. The molecule has 2 aliphatic rings. The fourth-order valence-electron chi connectivity index (χ4n) is 3.17. The van der Waals surface area contributed by atoms with Gasteiger partial charge in [-0.2, -0.15) is 0 Å². The second-order valence-electron chi connectivity index (χ2n) is 5.60. The van der Waals surface area contributed by atoms with Crippen molar-refractivity contribution >= 4 is 33.3 Å². The molecule has 1 unspecified atom stereocenters. The number of anilines is 1.